The van der Waals surface area contributed by atoms with Gasteiger partial charge in [-0.15, -0.1) is 21.8 Å². The van der Waals surface area contributed by atoms with Gasteiger partial charge in [-0.1, -0.05) is 12.1 Å². The van der Waals surface area contributed by atoms with E-state index in [1.165, 1.54) is 0 Å². The van der Waals surface area contributed by atoms with E-state index < -0.39 is 0 Å². The summed E-state index contributed by atoms with van der Waals surface area (Å²) in [6.07, 6.45) is 2.60. The number of para-hydroxylation sites is 1. The van der Waals surface area contributed by atoms with Crippen molar-refractivity contribution in [2.45, 2.75) is 18.3 Å². The molecule has 1 atom stereocenters. The third kappa shape index (κ3) is 1.73. The second-order valence-electron chi connectivity index (χ2n) is 5.80. The number of fused-ring (bicyclic) bond motifs is 5. The average molecular weight is 342 g/mol. The van der Waals surface area contributed by atoms with Crippen LogP contribution in [0.3, 0.4) is 0 Å². The van der Waals surface area contributed by atoms with Crippen molar-refractivity contribution in [3.63, 3.8) is 0 Å². The van der Waals surface area contributed by atoms with Gasteiger partial charge in [0, 0.05) is 6.54 Å². The molecule has 4 heterocycles. The molecular formula is C16H12ClN5O2. The molecule has 3 aromatic rings. The van der Waals surface area contributed by atoms with Crippen LogP contribution in [0.5, 0.6) is 0 Å². The van der Waals surface area contributed by atoms with Gasteiger partial charge in [-0.05, 0) is 18.6 Å². The van der Waals surface area contributed by atoms with E-state index in [2.05, 4.69) is 15.2 Å². The Kier molecular flexibility index (Phi) is 2.81. The second kappa shape index (κ2) is 4.91. The number of imidazole rings is 1. The van der Waals surface area contributed by atoms with E-state index in [-0.39, 0.29) is 17.8 Å². The molecule has 5 rings (SSSR count). The Morgan fingerprint density at radius 3 is 2.92 bits per heavy atom. The lowest BCUT2D eigenvalue weighted by molar-refractivity contribution is 0.0461. The summed E-state index contributed by atoms with van der Waals surface area (Å²) in [4.78, 5) is 19.1. The van der Waals surface area contributed by atoms with E-state index in [4.69, 9.17) is 16.0 Å². The topological polar surface area (TPSA) is 77.0 Å². The number of amides is 1. The lowest BCUT2D eigenvalue weighted by Crippen LogP contribution is -2.44. The minimum Gasteiger partial charge on any atom is -0.418 e. The van der Waals surface area contributed by atoms with Gasteiger partial charge >= 0.3 is 0 Å². The molecule has 0 radical (unpaired) electrons. The molecule has 0 saturated carbocycles. The van der Waals surface area contributed by atoms with Crippen LogP contribution in [0.2, 0.25) is 0 Å². The van der Waals surface area contributed by atoms with Gasteiger partial charge < -0.3 is 9.32 Å². The van der Waals surface area contributed by atoms with Crippen LogP contribution in [-0.2, 0) is 5.88 Å². The lowest BCUT2D eigenvalue weighted by atomic mass is 9.97. The predicted molar refractivity (Wildman–Crippen MR) is 84.8 cm³/mol. The lowest BCUT2D eigenvalue weighted by Gasteiger charge is -2.39. The van der Waals surface area contributed by atoms with Crippen molar-refractivity contribution in [1.29, 1.82) is 0 Å². The molecule has 1 aromatic carbocycles. The molecular weight excluding hydrogens is 330 g/mol. The molecule has 8 heteroatoms. The number of nitrogens with zero attached hydrogens (tertiary/aromatic N) is 5. The average Bonchev–Trinajstić information content (AvgIpc) is 3.19. The molecule has 1 amide bonds. The Bertz CT molecular complexity index is 963. The highest BCUT2D eigenvalue weighted by Crippen LogP contribution is 2.43. The first kappa shape index (κ1) is 13.7. The largest absolute Gasteiger partial charge is 0.418 e. The molecule has 24 heavy (non-hydrogen) atoms. The summed E-state index contributed by atoms with van der Waals surface area (Å²) < 4.78 is 7.53. The van der Waals surface area contributed by atoms with E-state index in [1.54, 1.807) is 6.33 Å². The highest BCUT2D eigenvalue weighted by Gasteiger charge is 2.42. The standard InChI is InChI=1S/C16H12ClN5O2/c17-7-12-19-20-15(24-12)13-14-11-5-6-21(11)16(23)9-3-1-2-4-10(9)22(14)8-18-13/h1-4,8,11H,5-7H2. The molecule has 0 spiro atoms. The Hall–Kier alpha value is -2.67. The molecule has 1 fully saturated rings. The van der Waals surface area contributed by atoms with Gasteiger partial charge in [-0.3, -0.25) is 9.36 Å². The molecule has 0 N–H and O–H groups in total. The number of halogens is 1. The van der Waals surface area contributed by atoms with Crippen LogP contribution in [0.4, 0.5) is 0 Å². The van der Waals surface area contributed by atoms with E-state index in [1.807, 2.05) is 33.7 Å². The number of aromatic nitrogens is 4. The van der Waals surface area contributed by atoms with E-state index in [0.717, 1.165) is 24.3 Å². The fraction of sp³-hybridized carbons (Fsp3) is 0.250. The molecule has 0 aliphatic carbocycles. The maximum atomic E-state index is 12.8. The van der Waals surface area contributed by atoms with E-state index in [9.17, 15) is 4.79 Å². The number of carbonyl (C=O) groups excluding carboxylic acids is 1. The highest BCUT2D eigenvalue weighted by atomic mass is 35.5. The first-order valence-electron chi connectivity index (χ1n) is 7.64. The van der Waals surface area contributed by atoms with Crippen molar-refractivity contribution >= 4 is 17.5 Å². The monoisotopic (exact) mass is 341 g/mol. The quantitative estimate of drug-likeness (QED) is 0.669. The van der Waals surface area contributed by atoms with E-state index >= 15 is 0 Å². The van der Waals surface area contributed by atoms with Gasteiger partial charge in [-0.25, -0.2) is 4.98 Å². The summed E-state index contributed by atoms with van der Waals surface area (Å²) in [6.45, 7) is 0.735. The zero-order valence-corrected chi connectivity index (χ0v) is 13.3. The highest BCUT2D eigenvalue weighted by molar-refractivity contribution is 6.16. The molecule has 2 aromatic heterocycles. The summed E-state index contributed by atoms with van der Waals surface area (Å²) in [5.74, 6) is 0.880. The fourth-order valence-electron chi connectivity index (χ4n) is 3.37. The predicted octanol–water partition coefficient (Wildman–Crippen LogP) is 2.56. The Balaban J connectivity index is 1.75. The Labute approximate surface area is 141 Å². The van der Waals surface area contributed by atoms with Crippen LogP contribution < -0.4 is 0 Å². The molecule has 2 aliphatic rings. The van der Waals surface area contributed by atoms with Gasteiger partial charge in [0.05, 0.1) is 23.0 Å². The van der Waals surface area contributed by atoms with Crippen LogP contribution in [0.25, 0.3) is 17.3 Å². The van der Waals surface area contributed by atoms with Crippen LogP contribution in [0.1, 0.15) is 34.4 Å². The van der Waals surface area contributed by atoms with Gasteiger partial charge in [0.15, 0.2) is 5.69 Å². The number of hydrogen-bond donors (Lipinski definition) is 0. The molecule has 1 unspecified atom stereocenters. The van der Waals surface area contributed by atoms with Gasteiger partial charge in [0.2, 0.25) is 5.89 Å². The van der Waals surface area contributed by atoms with Crippen molar-refractivity contribution < 1.29 is 9.21 Å². The normalized spacial score (nSPS) is 18.5. The minimum atomic E-state index is -0.0336. The summed E-state index contributed by atoms with van der Waals surface area (Å²) in [7, 11) is 0. The summed E-state index contributed by atoms with van der Waals surface area (Å²) in [6, 6.07) is 7.52. The van der Waals surface area contributed by atoms with Crippen LogP contribution in [0, 0.1) is 0 Å². The first-order valence-corrected chi connectivity index (χ1v) is 8.17. The van der Waals surface area contributed by atoms with Crippen LogP contribution in [-0.4, -0.2) is 37.1 Å². The molecule has 120 valence electrons. The summed E-state index contributed by atoms with van der Waals surface area (Å²) >= 11 is 5.75. The molecule has 2 aliphatic heterocycles. The number of benzene rings is 1. The SMILES string of the molecule is O=C1c2ccccc2-n2cnc(-c3nnc(CCl)o3)c2C2CCN12. The molecule has 7 nitrogen and oxygen atoms in total. The number of carbonyl (C=O) groups is 1. The van der Waals surface area contributed by atoms with Crippen LogP contribution >= 0.6 is 11.6 Å². The summed E-state index contributed by atoms with van der Waals surface area (Å²) in [5, 5.41) is 7.95. The first-order chi connectivity index (χ1) is 11.8. The third-order valence-electron chi connectivity index (χ3n) is 4.58. The fourth-order valence-corrected chi connectivity index (χ4v) is 3.48. The van der Waals surface area contributed by atoms with Crippen molar-refractivity contribution in [2.24, 2.45) is 0 Å². The smallest absolute Gasteiger partial charge is 0.268 e. The maximum Gasteiger partial charge on any atom is 0.268 e. The van der Waals surface area contributed by atoms with Gasteiger partial charge in [0.25, 0.3) is 11.8 Å². The van der Waals surface area contributed by atoms with Crippen molar-refractivity contribution in [1.82, 2.24) is 24.6 Å². The van der Waals surface area contributed by atoms with Crippen LogP contribution in [0.15, 0.2) is 35.0 Å². The maximum absolute atomic E-state index is 12.8. The molecule has 0 bridgehead atoms. The van der Waals surface area contributed by atoms with Crippen molar-refractivity contribution in [3.05, 3.63) is 47.7 Å². The van der Waals surface area contributed by atoms with Crippen molar-refractivity contribution in [3.8, 4) is 17.3 Å². The summed E-state index contributed by atoms with van der Waals surface area (Å²) in [5.41, 5.74) is 3.02. The van der Waals surface area contributed by atoms with Gasteiger partial charge in [0.1, 0.15) is 12.2 Å². The number of alkyl halides is 1. The molecule has 1 saturated heterocycles. The number of hydrogen-bond acceptors (Lipinski definition) is 5. The van der Waals surface area contributed by atoms with E-state index in [0.29, 0.717) is 23.0 Å². The Morgan fingerprint density at radius 2 is 2.17 bits per heavy atom. The van der Waals surface area contributed by atoms with Gasteiger partial charge in [-0.2, -0.15) is 0 Å². The third-order valence-corrected chi connectivity index (χ3v) is 4.81. The minimum absolute atomic E-state index is 0.0336. The second-order valence-corrected chi connectivity index (χ2v) is 6.07. The van der Waals surface area contributed by atoms with Crippen molar-refractivity contribution in [2.75, 3.05) is 6.54 Å². The zero-order chi connectivity index (χ0) is 16.3. The number of rotatable bonds is 2. The zero-order valence-electron chi connectivity index (χ0n) is 12.5. The Morgan fingerprint density at radius 1 is 1.29 bits per heavy atom.